The molecule has 19 heavy (non-hydrogen) atoms. The number of halogens is 3. The van der Waals surface area contributed by atoms with Gasteiger partial charge in [-0.1, -0.05) is 0 Å². The highest BCUT2D eigenvalue weighted by atomic mass is 19.4. The summed E-state index contributed by atoms with van der Waals surface area (Å²) < 4.78 is 38.0. The topological polar surface area (TPSA) is 18.5 Å². The van der Waals surface area contributed by atoms with Crippen LogP contribution >= 0.6 is 0 Å². The highest BCUT2D eigenvalue weighted by molar-refractivity contribution is 4.85. The SMILES string of the molecule is C[C@H](N1CCC(N2CCCNCC2)CC1)C(F)(F)F. The van der Waals surface area contributed by atoms with Gasteiger partial charge < -0.3 is 5.32 Å². The summed E-state index contributed by atoms with van der Waals surface area (Å²) in [5.74, 6) is 0. The second-order valence-corrected chi connectivity index (χ2v) is 5.62. The molecule has 2 rings (SSSR count). The van der Waals surface area contributed by atoms with Crippen LogP contribution in [0.3, 0.4) is 0 Å². The zero-order valence-corrected chi connectivity index (χ0v) is 11.5. The minimum Gasteiger partial charge on any atom is -0.315 e. The maximum atomic E-state index is 12.7. The summed E-state index contributed by atoms with van der Waals surface area (Å²) in [6.45, 7) is 6.56. The highest BCUT2D eigenvalue weighted by Crippen LogP contribution is 2.27. The van der Waals surface area contributed by atoms with E-state index in [9.17, 15) is 13.2 Å². The smallest absolute Gasteiger partial charge is 0.315 e. The Kier molecular flexibility index (Phi) is 5.09. The number of nitrogens with one attached hydrogen (secondary N) is 1. The molecule has 0 radical (unpaired) electrons. The van der Waals surface area contributed by atoms with Gasteiger partial charge in [0, 0.05) is 32.2 Å². The third-order valence-electron chi connectivity index (χ3n) is 4.41. The van der Waals surface area contributed by atoms with Crippen LogP contribution in [-0.4, -0.2) is 67.3 Å². The van der Waals surface area contributed by atoms with Crippen LogP contribution in [0.1, 0.15) is 26.2 Å². The third kappa shape index (κ3) is 4.07. The van der Waals surface area contributed by atoms with Crippen molar-refractivity contribution < 1.29 is 13.2 Å². The summed E-state index contributed by atoms with van der Waals surface area (Å²) in [7, 11) is 0. The van der Waals surface area contributed by atoms with Crippen LogP contribution in [0.15, 0.2) is 0 Å². The van der Waals surface area contributed by atoms with Crippen LogP contribution in [0.5, 0.6) is 0 Å². The molecule has 0 saturated carbocycles. The molecule has 1 N–H and O–H groups in total. The van der Waals surface area contributed by atoms with E-state index in [4.69, 9.17) is 0 Å². The number of hydrogen-bond donors (Lipinski definition) is 1. The average Bonchev–Trinajstić information content (AvgIpc) is 2.66. The molecule has 0 aromatic rings. The standard InChI is InChI=1S/C13H24F3N3/c1-11(13(14,15)16)18-8-3-12(4-9-18)19-7-2-5-17-6-10-19/h11-12,17H,2-10H2,1H3/t11-/m0/s1. The summed E-state index contributed by atoms with van der Waals surface area (Å²) >= 11 is 0. The van der Waals surface area contributed by atoms with Crippen molar-refractivity contribution in [1.29, 1.82) is 0 Å². The first-order valence-corrected chi connectivity index (χ1v) is 7.24. The van der Waals surface area contributed by atoms with Gasteiger partial charge in [-0.15, -0.1) is 0 Å². The normalized spacial score (nSPS) is 27.2. The van der Waals surface area contributed by atoms with Crippen LogP contribution in [0, 0.1) is 0 Å². The van der Waals surface area contributed by atoms with Crippen molar-refractivity contribution >= 4 is 0 Å². The lowest BCUT2D eigenvalue weighted by Gasteiger charge is -2.40. The lowest BCUT2D eigenvalue weighted by atomic mass is 10.0. The maximum absolute atomic E-state index is 12.7. The Hall–Kier alpha value is -0.330. The van der Waals surface area contributed by atoms with Crippen molar-refractivity contribution in [3.8, 4) is 0 Å². The van der Waals surface area contributed by atoms with Crippen molar-refractivity contribution in [2.45, 2.75) is 44.4 Å². The van der Waals surface area contributed by atoms with Crippen molar-refractivity contribution in [2.24, 2.45) is 0 Å². The van der Waals surface area contributed by atoms with Crippen molar-refractivity contribution in [3.05, 3.63) is 0 Å². The Labute approximate surface area is 113 Å². The molecule has 0 amide bonds. The molecule has 0 aromatic heterocycles. The fourth-order valence-corrected chi connectivity index (χ4v) is 3.08. The Morgan fingerprint density at radius 2 is 1.74 bits per heavy atom. The molecule has 6 heteroatoms. The number of likely N-dealkylation sites (tertiary alicyclic amines) is 1. The molecule has 0 aliphatic carbocycles. The van der Waals surface area contributed by atoms with Crippen LogP contribution in [0.4, 0.5) is 13.2 Å². The molecule has 112 valence electrons. The molecule has 2 aliphatic heterocycles. The van der Waals surface area contributed by atoms with E-state index < -0.39 is 12.2 Å². The van der Waals surface area contributed by atoms with E-state index in [-0.39, 0.29) is 0 Å². The lowest BCUT2D eigenvalue weighted by Crippen LogP contribution is -2.51. The van der Waals surface area contributed by atoms with Gasteiger partial charge in [-0.2, -0.15) is 13.2 Å². The number of nitrogens with zero attached hydrogens (tertiary/aromatic N) is 2. The van der Waals surface area contributed by atoms with Crippen molar-refractivity contribution in [3.63, 3.8) is 0 Å². The van der Waals surface area contributed by atoms with Crippen LogP contribution < -0.4 is 5.32 Å². The molecule has 0 spiro atoms. The number of rotatable bonds is 2. The average molecular weight is 279 g/mol. The van der Waals surface area contributed by atoms with Gasteiger partial charge in [0.25, 0.3) is 0 Å². The van der Waals surface area contributed by atoms with E-state index in [0.717, 1.165) is 45.4 Å². The van der Waals surface area contributed by atoms with Crippen LogP contribution in [0.25, 0.3) is 0 Å². The number of alkyl halides is 3. The van der Waals surface area contributed by atoms with Crippen LogP contribution in [-0.2, 0) is 0 Å². The second-order valence-electron chi connectivity index (χ2n) is 5.62. The number of piperidine rings is 1. The lowest BCUT2D eigenvalue weighted by molar-refractivity contribution is -0.182. The Bertz CT molecular complexity index is 267. The Balaban J connectivity index is 1.81. The summed E-state index contributed by atoms with van der Waals surface area (Å²) in [6, 6.07) is -0.837. The molecule has 2 saturated heterocycles. The molecule has 0 unspecified atom stereocenters. The summed E-state index contributed by atoms with van der Waals surface area (Å²) in [4.78, 5) is 4.03. The first kappa shape index (κ1) is 15.1. The van der Waals surface area contributed by atoms with Gasteiger partial charge >= 0.3 is 6.18 Å². The van der Waals surface area contributed by atoms with Gasteiger partial charge in [-0.25, -0.2) is 0 Å². The molecule has 2 aliphatic rings. The third-order valence-corrected chi connectivity index (χ3v) is 4.41. The fourth-order valence-electron chi connectivity index (χ4n) is 3.08. The monoisotopic (exact) mass is 279 g/mol. The quantitative estimate of drug-likeness (QED) is 0.830. The Morgan fingerprint density at radius 3 is 2.37 bits per heavy atom. The zero-order chi connectivity index (χ0) is 13.9. The molecule has 0 aromatic carbocycles. The predicted octanol–water partition coefficient (Wildman–Crippen LogP) is 1.70. The van der Waals surface area contributed by atoms with E-state index in [2.05, 4.69) is 10.2 Å². The first-order chi connectivity index (χ1) is 8.98. The van der Waals surface area contributed by atoms with Gasteiger partial charge in [0.05, 0.1) is 0 Å². The number of hydrogen-bond acceptors (Lipinski definition) is 3. The van der Waals surface area contributed by atoms with E-state index in [1.54, 1.807) is 4.90 Å². The van der Waals surface area contributed by atoms with Crippen molar-refractivity contribution in [2.75, 3.05) is 39.3 Å². The van der Waals surface area contributed by atoms with Gasteiger partial charge in [0.1, 0.15) is 6.04 Å². The van der Waals surface area contributed by atoms with E-state index in [0.29, 0.717) is 19.1 Å². The molecular formula is C13H24F3N3. The minimum atomic E-state index is -4.10. The predicted molar refractivity (Wildman–Crippen MR) is 69.2 cm³/mol. The molecule has 1 atom stereocenters. The van der Waals surface area contributed by atoms with Gasteiger partial charge in [0.15, 0.2) is 0 Å². The van der Waals surface area contributed by atoms with E-state index in [1.807, 2.05) is 0 Å². The summed E-state index contributed by atoms with van der Waals surface area (Å²) in [5, 5.41) is 3.36. The molecule has 2 heterocycles. The van der Waals surface area contributed by atoms with Crippen molar-refractivity contribution in [1.82, 2.24) is 15.1 Å². The second kappa shape index (κ2) is 6.41. The molecule has 0 bridgehead atoms. The molecule has 2 fully saturated rings. The Morgan fingerprint density at radius 1 is 1.05 bits per heavy atom. The fraction of sp³-hybridized carbons (Fsp3) is 1.00. The summed E-state index contributed by atoms with van der Waals surface area (Å²) in [6.07, 6.45) is -1.24. The van der Waals surface area contributed by atoms with E-state index >= 15 is 0 Å². The minimum absolute atomic E-state index is 0.469. The maximum Gasteiger partial charge on any atom is 0.403 e. The van der Waals surface area contributed by atoms with Crippen LogP contribution in [0.2, 0.25) is 0 Å². The zero-order valence-electron chi connectivity index (χ0n) is 11.5. The van der Waals surface area contributed by atoms with Gasteiger partial charge in [0.2, 0.25) is 0 Å². The van der Waals surface area contributed by atoms with E-state index in [1.165, 1.54) is 6.92 Å². The largest absolute Gasteiger partial charge is 0.403 e. The molecule has 3 nitrogen and oxygen atoms in total. The molecular weight excluding hydrogens is 255 g/mol. The van der Waals surface area contributed by atoms with Gasteiger partial charge in [-0.05, 0) is 39.3 Å². The first-order valence-electron chi connectivity index (χ1n) is 7.24. The van der Waals surface area contributed by atoms with Gasteiger partial charge in [-0.3, -0.25) is 9.80 Å². The highest BCUT2D eigenvalue weighted by Gasteiger charge is 2.41. The summed E-state index contributed by atoms with van der Waals surface area (Å²) in [5.41, 5.74) is 0.